The van der Waals surface area contributed by atoms with Gasteiger partial charge in [-0.2, -0.15) is 11.8 Å². The lowest BCUT2D eigenvalue weighted by Crippen LogP contribution is -2.43. The van der Waals surface area contributed by atoms with E-state index < -0.39 is 0 Å². The van der Waals surface area contributed by atoms with Crippen molar-refractivity contribution in [3.63, 3.8) is 0 Å². The first-order valence-corrected chi connectivity index (χ1v) is 7.48. The first-order chi connectivity index (χ1) is 8.63. The Morgan fingerprint density at radius 1 is 1.28 bits per heavy atom. The lowest BCUT2D eigenvalue weighted by atomic mass is 10.2. The van der Waals surface area contributed by atoms with E-state index in [4.69, 9.17) is 0 Å². The highest BCUT2D eigenvalue weighted by molar-refractivity contribution is 7.99. The molecule has 2 unspecified atom stereocenters. The maximum Gasteiger partial charge on any atom is 0.241 e. The molecule has 3 nitrogen and oxygen atoms in total. The van der Waals surface area contributed by atoms with Gasteiger partial charge in [0, 0.05) is 17.5 Å². The fourth-order valence-electron chi connectivity index (χ4n) is 1.62. The van der Waals surface area contributed by atoms with Crippen LogP contribution in [0, 0.1) is 0 Å². The number of rotatable bonds is 7. The Hall–Kier alpha value is -1.00. The summed E-state index contributed by atoms with van der Waals surface area (Å²) in [4.78, 5) is 11.9. The highest BCUT2D eigenvalue weighted by Gasteiger charge is 2.14. The molecule has 0 aliphatic carbocycles. The molecule has 0 aliphatic heterocycles. The summed E-state index contributed by atoms with van der Waals surface area (Å²) in [5.41, 5.74) is 0.840. The van der Waals surface area contributed by atoms with Crippen LogP contribution in [0.5, 0.6) is 0 Å². The molecule has 0 aromatic heterocycles. The summed E-state index contributed by atoms with van der Waals surface area (Å²) in [6, 6.07) is 9.69. The van der Waals surface area contributed by atoms with E-state index in [1.165, 1.54) is 0 Å². The number of carbonyl (C=O) groups excluding carboxylic acids is 1. The number of nitrogens with one attached hydrogen (secondary N) is 2. The van der Waals surface area contributed by atoms with Crippen LogP contribution in [0.15, 0.2) is 30.3 Å². The van der Waals surface area contributed by atoms with Gasteiger partial charge in [-0.15, -0.1) is 0 Å². The number of hydrogen-bond donors (Lipinski definition) is 2. The summed E-state index contributed by atoms with van der Waals surface area (Å²) < 4.78 is 0. The van der Waals surface area contributed by atoms with Crippen LogP contribution in [0.4, 0.5) is 5.69 Å². The third kappa shape index (κ3) is 5.56. The molecule has 1 aromatic carbocycles. The van der Waals surface area contributed by atoms with Crippen molar-refractivity contribution in [2.75, 3.05) is 16.8 Å². The van der Waals surface area contributed by atoms with E-state index in [9.17, 15) is 4.79 Å². The van der Waals surface area contributed by atoms with E-state index in [0.29, 0.717) is 6.04 Å². The van der Waals surface area contributed by atoms with Crippen molar-refractivity contribution in [3.05, 3.63) is 30.3 Å². The molecule has 0 aliphatic rings. The van der Waals surface area contributed by atoms with Crippen LogP contribution in [0.3, 0.4) is 0 Å². The van der Waals surface area contributed by atoms with Crippen LogP contribution in [0.2, 0.25) is 0 Å². The van der Waals surface area contributed by atoms with Crippen molar-refractivity contribution < 1.29 is 4.79 Å². The number of hydrogen-bond acceptors (Lipinski definition) is 3. The topological polar surface area (TPSA) is 41.1 Å². The van der Waals surface area contributed by atoms with Gasteiger partial charge in [0.2, 0.25) is 5.91 Å². The van der Waals surface area contributed by atoms with Gasteiger partial charge >= 0.3 is 0 Å². The molecule has 0 bridgehead atoms. The average Bonchev–Trinajstić information content (AvgIpc) is 2.37. The summed E-state index contributed by atoms with van der Waals surface area (Å²) in [6.07, 6.45) is 0. The quantitative estimate of drug-likeness (QED) is 0.797. The number of thioether (sulfide) groups is 1. The molecule has 0 heterocycles. The predicted molar refractivity (Wildman–Crippen MR) is 80.1 cm³/mol. The Morgan fingerprint density at radius 2 is 1.94 bits per heavy atom. The van der Waals surface area contributed by atoms with Gasteiger partial charge in [-0.05, 0) is 31.7 Å². The fourth-order valence-corrected chi connectivity index (χ4v) is 2.30. The Labute approximate surface area is 114 Å². The third-order valence-corrected chi connectivity index (χ3v) is 3.69. The number of anilines is 1. The van der Waals surface area contributed by atoms with Gasteiger partial charge in [-0.25, -0.2) is 0 Å². The molecule has 18 heavy (non-hydrogen) atoms. The minimum atomic E-state index is -0.183. The van der Waals surface area contributed by atoms with Gasteiger partial charge in [0.25, 0.3) is 0 Å². The number of carbonyl (C=O) groups is 1. The van der Waals surface area contributed by atoms with Gasteiger partial charge in [0.15, 0.2) is 0 Å². The molecular formula is C14H22N2OS. The van der Waals surface area contributed by atoms with Crippen LogP contribution < -0.4 is 10.6 Å². The SMILES string of the molecule is CCSCC(C)NC(C)C(=O)Nc1ccccc1. The Kier molecular flexibility index (Phi) is 6.83. The summed E-state index contributed by atoms with van der Waals surface area (Å²) >= 11 is 1.88. The molecule has 0 spiro atoms. The molecule has 1 rings (SSSR count). The summed E-state index contributed by atoms with van der Waals surface area (Å²) in [7, 11) is 0. The highest BCUT2D eigenvalue weighted by atomic mass is 32.2. The van der Waals surface area contributed by atoms with E-state index in [1.807, 2.05) is 49.0 Å². The van der Waals surface area contributed by atoms with E-state index >= 15 is 0 Å². The lowest BCUT2D eigenvalue weighted by molar-refractivity contribution is -0.117. The largest absolute Gasteiger partial charge is 0.325 e. The highest BCUT2D eigenvalue weighted by Crippen LogP contribution is 2.06. The van der Waals surface area contributed by atoms with Gasteiger partial charge < -0.3 is 10.6 Å². The van der Waals surface area contributed by atoms with Gasteiger partial charge in [0.1, 0.15) is 0 Å². The molecule has 1 aromatic rings. The molecule has 2 N–H and O–H groups in total. The normalized spacial score (nSPS) is 13.9. The zero-order valence-corrected chi connectivity index (χ0v) is 12.1. The standard InChI is InChI=1S/C14H22N2OS/c1-4-18-10-11(2)15-12(3)14(17)16-13-8-6-5-7-9-13/h5-9,11-12,15H,4,10H2,1-3H3,(H,16,17). The second kappa shape index (κ2) is 8.16. The number of amides is 1. The average molecular weight is 266 g/mol. The second-order valence-corrected chi connectivity index (χ2v) is 5.62. The Balaban J connectivity index is 2.37. The molecule has 0 fully saturated rings. The Morgan fingerprint density at radius 3 is 2.56 bits per heavy atom. The van der Waals surface area contributed by atoms with Crippen LogP contribution in [0.1, 0.15) is 20.8 Å². The van der Waals surface area contributed by atoms with Crippen LogP contribution in [0.25, 0.3) is 0 Å². The molecule has 2 atom stereocenters. The van der Waals surface area contributed by atoms with Gasteiger partial charge in [0.05, 0.1) is 6.04 Å². The van der Waals surface area contributed by atoms with Crippen molar-refractivity contribution in [1.29, 1.82) is 0 Å². The monoisotopic (exact) mass is 266 g/mol. The minimum Gasteiger partial charge on any atom is -0.325 e. The van der Waals surface area contributed by atoms with E-state index in [2.05, 4.69) is 24.5 Å². The fraction of sp³-hybridized carbons (Fsp3) is 0.500. The van der Waals surface area contributed by atoms with E-state index in [1.54, 1.807) is 0 Å². The van der Waals surface area contributed by atoms with Gasteiger partial charge in [-0.3, -0.25) is 4.79 Å². The first-order valence-electron chi connectivity index (χ1n) is 6.33. The number of para-hydroxylation sites is 1. The van der Waals surface area contributed by atoms with Crippen LogP contribution in [-0.2, 0) is 4.79 Å². The molecule has 100 valence electrons. The molecule has 1 amide bonds. The molecule has 4 heteroatoms. The maximum atomic E-state index is 11.9. The van der Waals surface area contributed by atoms with Gasteiger partial charge in [-0.1, -0.05) is 25.1 Å². The van der Waals surface area contributed by atoms with Crippen molar-refractivity contribution in [2.24, 2.45) is 0 Å². The van der Waals surface area contributed by atoms with Crippen molar-refractivity contribution in [2.45, 2.75) is 32.9 Å². The maximum absolute atomic E-state index is 11.9. The van der Waals surface area contributed by atoms with Crippen LogP contribution in [-0.4, -0.2) is 29.5 Å². The summed E-state index contributed by atoms with van der Waals surface area (Å²) in [5, 5.41) is 6.20. The zero-order valence-electron chi connectivity index (χ0n) is 11.3. The summed E-state index contributed by atoms with van der Waals surface area (Å²) in [5.74, 6) is 2.14. The molecule has 0 radical (unpaired) electrons. The van der Waals surface area contributed by atoms with E-state index in [0.717, 1.165) is 17.2 Å². The smallest absolute Gasteiger partial charge is 0.241 e. The molecular weight excluding hydrogens is 244 g/mol. The Bertz CT molecular complexity index is 356. The van der Waals surface area contributed by atoms with Crippen molar-refractivity contribution in [1.82, 2.24) is 5.32 Å². The second-order valence-electron chi connectivity index (χ2n) is 4.30. The zero-order chi connectivity index (χ0) is 13.4. The molecule has 0 saturated carbocycles. The minimum absolute atomic E-state index is 0.00884. The van der Waals surface area contributed by atoms with Crippen molar-refractivity contribution >= 4 is 23.4 Å². The third-order valence-electron chi connectivity index (χ3n) is 2.54. The number of benzene rings is 1. The summed E-state index contributed by atoms with van der Waals surface area (Å²) in [6.45, 7) is 6.14. The van der Waals surface area contributed by atoms with Crippen LogP contribution >= 0.6 is 11.8 Å². The predicted octanol–water partition coefficient (Wildman–Crippen LogP) is 2.74. The van der Waals surface area contributed by atoms with Crippen molar-refractivity contribution in [3.8, 4) is 0 Å². The first kappa shape index (κ1) is 15.1. The molecule has 0 saturated heterocycles. The van der Waals surface area contributed by atoms with E-state index in [-0.39, 0.29) is 11.9 Å². The lowest BCUT2D eigenvalue weighted by Gasteiger charge is -2.19.